The number of H-pyrrole nitrogens is 2. The maximum absolute atomic E-state index is 11.5. The molecule has 1 aromatic heterocycles. The highest BCUT2D eigenvalue weighted by atomic mass is 16.3. The van der Waals surface area contributed by atoms with Crippen molar-refractivity contribution in [3.63, 3.8) is 0 Å². The van der Waals surface area contributed by atoms with Crippen LogP contribution in [0.3, 0.4) is 0 Å². The molecule has 0 aliphatic carbocycles. The lowest BCUT2D eigenvalue weighted by Gasteiger charge is -2.19. The number of anilines is 1. The van der Waals surface area contributed by atoms with Crippen LogP contribution in [0, 0.1) is 0 Å². The largest absolute Gasteiger partial charge is 0.382 e. The van der Waals surface area contributed by atoms with Crippen LogP contribution in [0.25, 0.3) is 0 Å². The smallest absolute Gasteiger partial charge is 0.323 e. The first-order chi connectivity index (χ1) is 10.2. The van der Waals surface area contributed by atoms with Gasteiger partial charge >= 0.3 is 5.69 Å². The summed E-state index contributed by atoms with van der Waals surface area (Å²) in [5.74, 6) is 0. The molecular formula is C16H21N3O2. The van der Waals surface area contributed by atoms with E-state index in [2.05, 4.69) is 20.9 Å². The Hall–Kier alpha value is -2.01. The molecule has 1 aliphatic rings. The molecule has 3 rings (SSSR count). The van der Waals surface area contributed by atoms with Gasteiger partial charge in [-0.1, -0.05) is 19.1 Å². The normalized spacial score (nSPS) is 16.4. The van der Waals surface area contributed by atoms with Crippen LogP contribution >= 0.6 is 0 Å². The minimum Gasteiger partial charge on any atom is -0.382 e. The van der Waals surface area contributed by atoms with Crippen molar-refractivity contribution in [2.75, 3.05) is 18.0 Å². The van der Waals surface area contributed by atoms with Crippen molar-refractivity contribution in [2.45, 2.75) is 32.3 Å². The highest BCUT2D eigenvalue weighted by molar-refractivity contribution is 5.50. The van der Waals surface area contributed by atoms with Crippen molar-refractivity contribution < 1.29 is 5.11 Å². The van der Waals surface area contributed by atoms with Gasteiger partial charge in [-0.3, -0.25) is 0 Å². The molecule has 0 bridgehead atoms. The fraction of sp³-hybridized carbons (Fsp3) is 0.438. The van der Waals surface area contributed by atoms with Crippen molar-refractivity contribution in [1.82, 2.24) is 9.97 Å². The Morgan fingerprint density at radius 1 is 1.29 bits per heavy atom. The number of aliphatic hydroxyl groups excluding tert-OH is 1. The van der Waals surface area contributed by atoms with Gasteiger partial charge in [-0.2, -0.15) is 0 Å². The van der Waals surface area contributed by atoms with Gasteiger partial charge in [-0.25, -0.2) is 4.79 Å². The molecule has 1 atom stereocenters. The third kappa shape index (κ3) is 2.74. The summed E-state index contributed by atoms with van der Waals surface area (Å²) in [4.78, 5) is 19.2. The predicted octanol–water partition coefficient (Wildman–Crippen LogP) is 1.95. The van der Waals surface area contributed by atoms with E-state index in [4.69, 9.17) is 0 Å². The van der Waals surface area contributed by atoms with Crippen LogP contribution in [0.4, 0.5) is 5.69 Å². The van der Waals surface area contributed by atoms with Gasteiger partial charge in [0.2, 0.25) is 0 Å². The number of benzene rings is 1. The standard InChI is InChI=1S/C16H21N3O2/c1-2-13-14(18-16(21)17-13)15(20)11-6-5-7-12(10-11)19-8-3-4-9-19/h5-7,10,15,20H,2-4,8-9H2,1H3,(H2,17,18,21). The Morgan fingerprint density at radius 3 is 2.76 bits per heavy atom. The summed E-state index contributed by atoms with van der Waals surface area (Å²) in [6, 6.07) is 7.94. The number of nitrogens with one attached hydrogen (secondary N) is 2. The molecule has 0 amide bonds. The minimum absolute atomic E-state index is 0.267. The molecule has 1 fully saturated rings. The molecule has 1 unspecified atom stereocenters. The zero-order valence-electron chi connectivity index (χ0n) is 12.2. The number of aromatic amines is 2. The van der Waals surface area contributed by atoms with E-state index in [0.717, 1.165) is 30.0 Å². The third-order valence-corrected chi connectivity index (χ3v) is 4.12. The Morgan fingerprint density at radius 2 is 2.05 bits per heavy atom. The first-order valence-electron chi connectivity index (χ1n) is 7.53. The van der Waals surface area contributed by atoms with E-state index in [1.807, 2.05) is 25.1 Å². The fourth-order valence-corrected chi connectivity index (χ4v) is 2.98. The van der Waals surface area contributed by atoms with E-state index in [9.17, 15) is 9.90 Å². The van der Waals surface area contributed by atoms with Gasteiger partial charge in [-0.05, 0) is 37.0 Å². The molecule has 0 radical (unpaired) electrons. The van der Waals surface area contributed by atoms with Gasteiger partial charge in [0, 0.05) is 24.5 Å². The number of aromatic nitrogens is 2. The molecule has 1 aliphatic heterocycles. The summed E-state index contributed by atoms with van der Waals surface area (Å²) in [5, 5.41) is 10.6. The quantitative estimate of drug-likeness (QED) is 0.805. The van der Waals surface area contributed by atoms with Crippen LogP contribution in [0.5, 0.6) is 0 Å². The minimum atomic E-state index is -0.804. The van der Waals surface area contributed by atoms with Crippen molar-refractivity contribution in [3.05, 3.63) is 51.7 Å². The highest BCUT2D eigenvalue weighted by Crippen LogP contribution is 2.27. The van der Waals surface area contributed by atoms with Gasteiger partial charge in [0.05, 0.1) is 5.69 Å². The van der Waals surface area contributed by atoms with Crippen LogP contribution in [0.1, 0.15) is 42.8 Å². The van der Waals surface area contributed by atoms with E-state index in [0.29, 0.717) is 12.1 Å². The zero-order valence-corrected chi connectivity index (χ0v) is 12.2. The zero-order chi connectivity index (χ0) is 14.8. The van der Waals surface area contributed by atoms with E-state index < -0.39 is 6.10 Å². The van der Waals surface area contributed by atoms with Crippen molar-refractivity contribution in [1.29, 1.82) is 0 Å². The lowest BCUT2D eigenvalue weighted by atomic mass is 10.0. The molecule has 5 heteroatoms. The molecule has 5 nitrogen and oxygen atoms in total. The lowest BCUT2D eigenvalue weighted by Crippen LogP contribution is -2.18. The Bertz CT molecular complexity index is 668. The molecule has 2 aromatic rings. The predicted molar refractivity (Wildman–Crippen MR) is 82.7 cm³/mol. The number of imidazole rings is 1. The second-order valence-electron chi connectivity index (χ2n) is 5.52. The summed E-state index contributed by atoms with van der Waals surface area (Å²) in [6.07, 6.45) is 2.31. The van der Waals surface area contributed by atoms with Crippen LogP contribution in [0.15, 0.2) is 29.1 Å². The summed E-state index contributed by atoms with van der Waals surface area (Å²) in [5.41, 5.74) is 3.01. The van der Waals surface area contributed by atoms with E-state index in [-0.39, 0.29) is 5.69 Å². The number of hydrogen-bond acceptors (Lipinski definition) is 3. The van der Waals surface area contributed by atoms with Crippen LogP contribution in [-0.2, 0) is 6.42 Å². The molecule has 21 heavy (non-hydrogen) atoms. The number of hydrogen-bond donors (Lipinski definition) is 3. The number of aliphatic hydroxyl groups is 1. The summed E-state index contributed by atoms with van der Waals surface area (Å²) in [6.45, 7) is 4.09. The maximum Gasteiger partial charge on any atom is 0.323 e. The molecule has 0 spiro atoms. The molecular weight excluding hydrogens is 266 g/mol. The molecule has 1 aromatic carbocycles. The summed E-state index contributed by atoms with van der Waals surface area (Å²) >= 11 is 0. The van der Waals surface area contributed by atoms with E-state index in [1.165, 1.54) is 12.8 Å². The molecule has 2 heterocycles. The molecule has 1 saturated heterocycles. The summed E-state index contributed by atoms with van der Waals surface area (Å²) < 4.78 is 0. The van der Waals surface area contributed by atoms with Crippen LogP contribution in [0.2, 0.25) is 0 Å². The Kier molecular flexibility index (Phi) is 3.84. The lowest BCUT2D eigenvalue weighted by molar-refractivity contribution is 0.214. The monoisotopic (exact) mass is 287 g/mol. The molecule has 3 N–H and O–H groups in total. The second-order valence-corrected chi connectivity index (χ2v) is 5.52. The van der Waals surface area contributed by atoms with Gasteiger partial charge in [0.15, 0.2) is 0 Å². The fourth-order valence-electron chi connectivity index (χ4n) is 2.98. The highest BCUT2D eigenvalue weighted by Gasteiger charge is 2.19. The van der Waals surface area contributed by atoms with Crippen LogP contribution < -0.4 is 10.6 Å². The Balaban J connectivity index is 1.92. The van der Waals surface area contributed by atoms with E-state index in [1.54, 1.807) is 0 Å². The van der Waals surface area contributed by atoms with Gasteiger partial charge in [0.1, 0.15) is 6.10 Å². The average molecular weight is 287 g/mol. The number of aryl methyl sites for hydroxylation is 1. The average Bonchev–Trinajstić information content (AvgIpc) is 3.15. The van der Waals surface area contributed by atoms with E-state index >= 15 is 0 Å². The summed E-state index contributed by atoms with van der Waals surface area (Å²) in [7, 11) is 0. The van der Waals surface area contributed by atoms with Gasteiger partial charge in [0.25, 0.3) is 0 Å². The van der Waals surface area contributed by atoms with Crippen molar-refractivity contribution in [2.24, 2.45) is 0 Å². The third-order valence-electron chi connectivity index (χ3n) is 4.12. The van der Waals surface area contributed by atoms with Crippen LogP contribution in [-0.4, -0.2) is 28.2 Å². The molecule has 0 saturated carbocycles. The van der Waals surface area contributed by atoms with Crippen molar-refractivity contribution in [3.8, 4) is 0 Å². The number of nitrogens with zero attached hydrogens (tertiary/aromatic N) is 1. The van der Waals surface area contributed by atoms with Gasteiger partial charge in [-0.15, -0.1) is 0 Å². The Labute approximate surface area is 123 Å². The number of rotatable bonds is 4. The molecule has 112 valence electrons. The van der Waals surface area contributed by atoms with Gasteiger partial charge < -0.3 is 20.0 Å². The SMILES string of the molecule is CCc1[nH]c(=O)[nH]c1C(O)c1cccc(N2CCCC2)c1. The van der Waals surface area contributed by atoms with Crippen molar-refractivity contribution >= 4 is 5.69 Å². The topological polar surface area (TPSA) is 72.1 Å². The first kappa shape index (κ1) is 13.9. The first-order valence-corrected chi connectivity index (χ1v) is 7.53. The second kappa shape index (κ2) is 5.77. The maximum atomic E-state index is 11.5.